The Morgan fingerprint density at radius 1 is 0.810 bits per heavy atom. The molecule has 102 valence electrons. The average molecular weight is 271 g/mol. The highest BCUT2D eigenvalue weighted by atomic mass is 14.3. The lowest BCUT2D eigenvalue weighted by Crippen LogP contribution is -1.90. The van der Waals surface area contributed by atoms with Gasteiger partial charge in [-0.3, -0.25) is 0 Å². The molecule has 3 rings (SSSR count). The summed E-state index contributed by atoms with van der Waals surface area (Å²) in [5, 5.41) is 9.12. The third-order valence-electron chi connectivity index (χ3n) is 4.07. The summed E-state index contributed by atoms with van der Waals surface area (Å²) in [6.07, 6.45) is 1.39. The maximum absolute atomic E-state index is 9.12. The number of hydrogen-bond donors (Lipinski definition) is 0. The van der Waals surface area contributed by atoms with E-state index in [1.807, 2.05) is 12.1 Å². The van der Waals surface area contributed by atoms with Crippen LogP contribution in [0.15, 0.2) is 60.7 Å². The summed E-state index contributed by atoms with van der Waals surface area (Å²) in [4.78, 5) is 0. The molecule has 0 N–H and O–H groups in total. The number of nitriles is 1. The molecule has 2 aliphatic rings. The smallest absolute Gasteiger partial charge is 0.0670 e. The van der Waals surface area contributed by atoms with Crippen LogP contribution in [0.1, 0.15) is 22.3 Å². The van der Waals surface area contributed by atoms with E-state index < -0.39 is 0 Å². The first-order valence-corrected chi connectivity index (χ1v) is 7.21. The number of fused-ring (bicyclic) bond motifs is 1. The minimum Gasteiger partial charge on any atom is -0.198 e. The fourth-order valence-electron chi connectivity index (χ4n) is 2.99. The summed E-state index contributed by atoms with van der Waals surface area (Å²) >= 11 is 0. The molecule has 0 heterocycles. The van der Waals surface area contributed by atoms with Crippen LogP contribution in [0.3, 0.4) is 0 Å². The Labute approximate surface area is 125 Å². The molecular formula is C20H17N. The molecule has 0 atom stereocenters. The van der Waals surface area contributed by atoms with Crippen molar-refractivity contribution in [3.63, 3.8) is 0 Å². The average Bonchev–Trinajstić information content (AvgIpc) is 2.69. The first kappa shape index (κ1) is 13.4. The van der Waals surface area contributed by atoms with Crippen molar-refractivity contribution in [1.82, 2.24) is 0 Å². The van der Waals surface area contributed by atoms with E-state index >= 15 is 0 Å². The largest absolute Gasteiger partial charge is 0.198 e. The van der Waals surface area contributed by atoms with Gasteiger partial charge in [0.1, 0.15) is 0 Å². The van der Waals surface area contributed by atoms with Crippen molar-refractivity contribution in [3.8, 4) is 17.2 Å². The molecule has 0 spiro atoms. The van der Waals surface area contributed by atoms with E-state index in [9.17, 15) is 0 Å². The van der Waals surface area contributed by atoms with Crippen LogP contribution >= 0.6 is 0 Å². The Hall–Kier alpha value is -2.59. The van der Waals surface area contributed by atoms with Gasteiger partial charge in [-0.1, -0.05) is 60.7 Å². The van der Waals surface area contributed by atoms with Gasteiger partial charge in [0.05, 0.1) is 12.5 Å². The van der Waals surface area contributed by atoms with Gasteiger partial charge in [-0.25, -0.2) is 0 Å². The van der Waals surface area contributed by atoms with E-state index in [4.69, 9.17) is 5.26 Å². The van der Waals surface area contributed by atoms with Crippen molar-refractivity contribution >= 4 is 0 Å². The molecule has 0 unspecified atom stereocenters. The van der Waals surface area contributed by atoms with Crippen molar-refractivity contribution in [2.45, 2.75) is 19.8 Å². The Morgan fingerprint density at radius 3 is 2.00 bits per heavy atom. The van der Waals surface area contributed by atoms with Crippen molar-refractivity contribution in [1.29, 1.82) is 5.26 Å². The van der Waals surface area contributed by atoms with E-state index in [2.05, 4.69) is 61.5 Å². The molecule has 0 saturated heterocycles. The minimum absolute atomic E-state index is 0.473. The van der Waals surface area contributed by atoms with Gasteiger partial charge >= 0.3 is 0 Å². The highest BCUT2D eigenvalue weighted by Gasteiger charge is 2.19. The molecular weight excluding hydrogens is 254 g/mol. The highest BCUT2D eigenvalue weighted by molar-refractivity contribution is 5.78. The number of nitrogens with zero attached hydrogens (tertiary/aromatic N) is 1. The molecule has 0 fully saturated rings. The molecule has 1 heteroatoms. The number of benzene rings is 1. The van der Waals surface area contributed by atoms with Crippen molar-refractivity contribution in [2.24, 2.45) is 0 Å². The van der Waals surface area contributed by atoms with Gasteiger partial charge in [0, 0.05) is 0 Å². The van der Waals surface area contributed by atoms with E-state index in [1.165, 1.54) is 33.4 Å². The summed E-state index contributed by atoms with van der Waals surface area (Å²) in [6.45, 7) is 2.14. The lowest BCUT2D eigenvalue weighted by Gasteiger charge is -2.04. The van der Waals surface area contributed by atoms with E-state index in [0.29, 0.717) is 6.42 Å². The maximum atomic E-state index is 9.12. The molecule has 1 nitrogen and oxygen atoms in total. The predicted molar refractivity (Wildman–Crippen MR) is 86.4 cm³/mol. The van der Waals surface area contributed by atoms with Gasteiger partial charge in [0.2, 0.25) is 0 Å². The monoisotopic (exact) mass is 271 g/mol. The topological polar surface area (TPSA) is 23.8 Å². The summed E-state index contributed by atoms with van der Waals surface area (Å²) in [6, 6.07) is 23.3. The molecule has 21 heavy (non-hydrogen) atoms. The molecule has 1 aromatic carbocycles. The Balaban J connectivity index is 2.15. The zero-order valence-electron chi connectivity index (χ0n) is 12.1. The summed E-state index contributed by atoms with van der Waals surface area (Å²) in [5.41, 5.74) is 7.58. The van der Waals surface area contributed by atoms with E-state index in [0.717, 1.165) is 6.42 Å². The van der Waals surface area contributed by atoms with Gasteiger partial charge in [-0.15, -0.1) is 0 Å². The summed E-state index contributed by atoms with van der Waals surface area (Å²) < 4.78 is 0. The second-order valence-corrected chi connectivity index (χ2v) is 5.32. The van der Waals surface area contributed by atoms with Crippen LogP contribution in [-0.2, 0) is 12.8 Å². The quantitative estimate of drug-likeness (QED) is 0.674. The van der Waals surface area contributed by atoms with Crippen LogP contribution in [0, 0.1) is 18.3 Å². The van der Waals surface area contributed by atoms with Crippen LogP contribution in [0.25, 0.3) is 11.1 Å². The van der Waals surface area contributed by atoms with Gasteiger partial charge in [0.25, 0.3) is 0 Å². The van der Waals surface area contributed by atoms with Crippen LogP contribution < -0.4 is 0 Å². The summed E-state index contributed by atoms with van der Waals surface area (Å²) in [5.74, 6) is 0. The van der Waals surface area contributed by atoms with Gasteiger partial charge < -0.3 is 0 Å². The third kappa shape index (κ3) is 2.53. The van der Waals surface area contributed by atoms with Gasteiger partial charge in [-0.05, 0) is 46.7 Å². The third-order valence-corrected chi connectivity index (χ3v) is 4.07. The molecule has 0 aliphatic heterocycles. The lowest BCUT2D eigenvalue weighted by atomic mass is 10.0. The van der Waals surface area contributed by atoms with E-state index in [1.54, 1.807) is 0 Å². The predicted octanol–water partition coefficient (Wildman–Crippen LogP) is 4.76. The zero-order valence-corrected chi connectivity index (χ0v) is 12.1. The van der Waals surface area contributed by atoms with E-state index in [-0.39, 0.29) is 0 Å². The first-order valence-electron chi connectivity index (χ1n) is 7.21. The SMILES string of the molecule is Cc1c(CC#N)c2cccccc-2c1Cc1ccccc1. The molecule has 0 saturated carbocycles. The fourth-order valence-corrected chi connectivity index (χ4v) is 2.99. The standard InChI is InChI=1S/C20H17N/c1-15-17(12-13-21)18-10-6-3-7-11-19(18)20(15)14-16-8-4-2-5-9-16/h2-11H,12,14H2,1H3. The van der Waals surface area contributed by atoms with Crippen LogP contribution in [0.5, 0.6) is 0 Å². The normalized spacial score (nSPS) is 10.5. The molecule has 0 bridgehead atoms. The summed E-state index contributed by atoms with van der Waals surface area (Å²) in [7, 11) is 0. The van der Waals surface area contributed by atoms with Crippen LogP contribution in [0.4, 0.5) is 0 Å². The Bertz CT molecular complexity index is 766. The van der Waals surface area contributed by atoms with Gasteiger partial charge in [0.15, 0.2) is 0 Å². The van der Waals surface area contributed by atoms with Gasteiger partial charge in [-0.2, -0.15) is 5.26 Å². The molecule has 0 amide bonds. The molecule has 2 aliphatic carbocycles. The minimum atomic E-state index is 0.473. The maximum Gasteiger partial charge on any atom is 0.0670 e. The number of hydrogen-bond acceptors (Lipinski definition) is 1. The molecule has 0 aromatic heterocycles. The highest BCUT2D eigenvalue weighted by Crippen LogP contribution is 2.37. The second-order valence-electron chi connectivity index (χ2n) is 5.32. The Morgan fingerprint density at radius 2 is 1.38 bits per heavy atom. The lowest BCUT2D eigenvalue weighted by molar-refractivity contribution is 1.16. The molecule has 1 aromatic rings. The number of rotatable bonds is 3. The first-order chi connectivity index (χ1) is 10.3. The Kier molecular flexibility index (Phi) is 3.71. The van der Waals surface area contributed by atoms with Crippen molar-refractivity contribution in [3.05, 3.63) is 82.9 Å². The molecule has 0 radical (unpaired) electrons. The van der Waals surface area contributed by atoms with Crippen molar-refractivity contribution < 1.29 is 0 Å². The zero-order chi connectivity index (χ0) is 14.7. The van der Waals surface area contributed by atoms with Crippen LogP contribution in [-0.4, -0.2) is 0 Å². The van der Waals surface area contributed by atoms with Crippen LogP contribution in [0.2, 0.25) is 0 Å². The second kappa shape index (κ2) is 5.81. The fraction of sp³-hybridized carbons (Fsp3) is 0.150. The van der Waals surface area contributed by atoms with Crippen molar-refractivity contribution in [2.75, 3.05) is 0 Å².